The van der Waals surface area contributed by atoms with Crippen LogP contribution in [0.4, 0.5) is 0 Å². The molecular weight excluding hydrogens is 348 g/mol. The lowest BCUT2D eigenvalue weighted by Crippen LogP contribution is -2.30. The molecule has 0 aliphatic heterocycles. The average Bonchev–Trinajstić information content (AvgIpc) is 3.36. The van der Waals surface area contributed by atoms with Gasteiger partial charge in [0.25, 0.3) is 0 Å². The topological polar surface area (TPSA) is 60.6 Å². The number of nitrogens with zero attached hydrogens (tertiary/aromatic N) is 5. The Morgan fingerprint density at radius 2 is 1.93 bits per heavy atom. The molecule has 0 amide bonds. The normalized spacial score (nSPS) is 16.4. The summed E-state index contributed by atoms with van der Waals surface area (Å²) < 4.78 is 3.76. The summed E-state index contributed by atoms with van der Waals surface area (Å²) in [6, 6.07) is 9.40. The highest BCUT2D eigenvalue weighted by Gasteiger charge is 2.16. The molecule has 2 aromatic heterocycles. The fourth-order valence-electron chi connectivity index (χ4n) is 4.22. The van der Waals surface area contributed by atoms with Crippen molar-refractivity contribution in [3.63, 3.8) is 0 Å². The maximum Gasteiger partial charge on any atom is 0.137 e. The van der Waals surface area contributed by atoms with Crippen molar-refractivity contribution in [2.45, 2.75) is 64.1 Å². The van der Waals surface area contributed by atoms with Gasteiger partial charge < -0.3 is 5.32 Å². The summed E-state index contributed by atoms with van der Waals surface area (Å²) in [5, 5.41) is 12.5. The Labute approximate surface area is 167 Å². The Hall–Kier alpha value is -2.47. The Bertz CT molecular complexity index is 859. The van der Waals surface area contributed by atoms with Crippen molar-refractivity contribution in [2.75, 3.05) is 0 Å². The maximum atomic E-state index is 4.73. The number of aryl methyl sites for hydroxylation is 1. The summed E-state index contributed by atoms with van der Waals surface area (Å²) in [7, 11) is 1.99. The quantitative estimate of drug-likeness (QED) is 0.677. The predicted octanol–water partition coefficient (Wildman–Crippen LogP) is 3.90. The van der Waals surface area contributed by atoms with E-state index in [1.54, 1.807) is 12.7 Å². The monoisotopic (exact) mass is 378 g/mol. The van der Waals surface area contributed by atoms with Crippen molar-refractivity contribution in [3.05, 3.63) is 54.2 Å². The number of rotatable bonds is 7. The van der Waals surface area contributed by atoms with Crippen molar-refractivity contribution >= 4 is 0 Å². The summed E-state index contributed by atoms with van der Waals surface area (Å²) in [6.45, 7) is 3.74. The zero-order chi connectivity index (χ0) is 19.3. The van der Waals surface area contributed by atoms with Crippen LogP contribution in [0.2, 0.25) is 0 Å². The third-order valence-electron chi connectivity index (χ3n) is 5.73. The lowest BCUT2D eigenvalue weighted by molar-refractivity contribution is 0.443. The number of nitrogens with one attached hydrogen (secondary N) is 1. The zero-order valence-electron chi connectivity index (χ0n) is 16.9. The lowest BCUT2D eigenvalue weighted by atomic mass is 9.84. The van der Waals surface area contributed by atoms with E-state index in [9.17, 15) is 0 Å². The van der Waals surface area contributed by atoms with E-state index in [0.29, 0.717) is 6.04 Å². The fraction of sp³-hybridized carbons (Fsp3) is 0.500. The van der Waals surface area contributed by atoms with Gasteiger partial charge in [-0.25, -0.2) is 4.98 Å². The second kappa shape index (κ2) is 8.69. The molecule has 0 unspecified atom stereocenters. The number of aromatic nitrogens is 5. The largest absolute Gasteiger partial charge is 0.308 e. The van der Waals surface area contributed by atoms with Crippen LogP contribution in [0.1, 0.15) is 56.1 Å². The van der Waals surface area contributed by atoms with Gasteiger partial charge in [0.15, 0.2) is 0 Å². The van der Waals surface area contributed by atoms with Crippen molar-refractivity contribution in [1.82, 2.24) is 29.9 Å². The summed E-state index contributed by atoms with van der Waals surface area (Å²) >= 11 is 0. The van der Waals surface area contributed by atoms with Crippen LogP contribution in [-0.2, 0) is 20.1 Å². The average molecular weight is 379 g/mol. The predicted molar refractivity (Wildman–Crippen MR) is 111 cm³/mol. The smallest absolute Gasteiger partial charge is 0.137 e. The Morgan fingerprint density at radius 1 is 1.14 bits per heavy atom. The van der Waals surface area contributed by atoms with Crippen molar-refractivity contribution in [3.8, 4) is 11.3 Å². The first-order chi connectivity index (χ1) is 13.7. The molecule has 0 saturated heterocycles. The van der Waals surface area contributed by atoms with E-state index in [0.717, 1.165) is 24.7 Å². The Kier molecular flexibility index (Phi) is 5.86. The Morgan fingerprint density at radius 3 is 2.64 bits per heavy atom. The molecule has 6 nitrogen and oxygen atoms in total. The molecule has 0 radical (unpaired) electrons. The highest BCUT2D eigenvalue weighted by Crippen LogP contribution is 2.33. The van der Waals surface area contributed by atoms with Crippen LogP contribution in [0.15, 0.2) is 43.1 Å². The highest BCUT2D eigenvalue weighted by atomic mass is 15.3. The minimum atomic E-state index is 0.295. The molecule has 4 rings (SSSR count). The standard InChI is InChI=1S/C22H30N6/c1-17(13-28-16-23-15-25-28)24-12-21-14-27(2)26-22(21)20-10-8-19(9-11-20)18-6-4-3-5-7-18/h8-11,14-18,24H,3-7,12-13H2,1-2H3/t17-/m0/s1. The van der Waals surface area contributed by atoms with Gasteiger partial charge in [-0.2, -0.15) is 10.2 Å². The van der Waals surface area contributed by atoms with E-state index in [-0.39, 0.29) is 0 Å². The molecule has 1 aromatic carbocycles. The van der Waals surface area contributed by atoms with E-state index in [4.69, 9.17) is 5.10 Å². The molecule has 1 saturated carbocycles. The second-order valence-corrected chi connectivity index (χ2v) is 8.03. The minimum absolute atomic E-state index is 0.295. The molecule has 2 heterocycles. The molecule has 1 aliphatic carbocycles. The molecule has 1 atom stereocenters. The molecule has 0 spiro atoms. The summed E-state index contributed by atoms with van der Waals surface area (Å²) in [4.78, 5) is 4.00. The van der Waals surface area contributed by atoms with Crippen LogP contribution in [0.3, 0.4) is 0 Å². The van der Waals surface area contributed by atoms with Crippen molar-refractivity contribution < 1.29 is 0 Å². The highest BCUT2D eigenvalue weighted by molar-refractivity contribution is 5.63. The third kappa shape index (κ3) is 4.50. The van der Waals surface area contributed by atoms with Crippen LogP contribution in [0.5, 0.6) is 0 Å². The SMILES string of the molecule is C[C@@H](Cn1cncn1)NCc1cn(C)nc1-c1ccc(C2CCCCC2)cc1. The molecule has 0 bridgehead atoms. The first-order valence-electron chi connectivity index (χ1n) is 10.4. The van der Waals surface area contributed by atoms with Gasteiger partial charge >= 0.3 is 0 Å². The molecule has 1 aliphatic rings. The van der Waals surface area contributed by atoms with Gasteiger partial charge in [0, 0.05) is 37.0 Å². The zero-order valence-corrected chi connectivity index (χ0v) is 16.9. The number of hydrogen-bond acceptors (Lipinski definition) is 4. The Balaban J connectivity index is 1.43. The van der Waals surface area contributed by atoms with Gasteiger partial charge in [-0.3, -0.25) is 9.36 Å². The number of benzene rings is 1. The van der Waals surface area contributed by atoms with Crippen molar-refractivity contribution in [1.29, 1.82) is 0 Å². The van der Waals surface area contributed by atoms with E-state index < -0.39 is 0 Å². The van der Waals surface area contributed by atoms with E-state index in [2.05, 4.69) is 52.8 Å². The van der Waals surface area contributed by atoms with Crippen LogP contribution in [0.25, 0.3) is 11.3 Å². The molecule has 1 N–H and O–H groups in total. The van der Waals surface area contributed by atoms with Gasteiger partial charge in [-0.05, 0) is 31.2 Å². The van der Waals surface area contributed by atoms with Gasteiger partial charge in [-0.15, -0.1) is 0 Å². The number of hydrogen-bond donors (Lipinski definition) is 1. The van der Waals surface area contributed by atoms with E-state index in [1.807, 2.05) is 16.4 Å². The summed E-state index contributed by atoms with van der Waals surface area (Å²) in [6.07, 6.45) is 12.2. The fourth-order valence-corrected chi connectivity index (χ4v) is 4.22. The van der Waals surface area contributed by atoms with Gasteiger partial charge in [-0.1, -0.05) is 43.5 Å². The van der Waals surface area contributed by atoms with Gasteiger partial charge in [0.2, 0.25) is 0 Å². The molecule has 148 valence electrons. The summed E-state index contributed by atoms with van der Waals surface area (Å²) in [5.41, 5.74) is 4.97. The van der Waals surface area contributed by atoms with Crippen LogP contribution >= 0.6 is 0 Å². The van der Waals surface area contributed by atoms with Crippen LogP contribution < -0.4 is 5.32 Å². The molecule has 28 heavy (non-hydrogen) atoms. The molecule has 3 aromatic rings. The second-order valence-electron chi connectivity index (χ2n) is 8.03. The molecular formula is C22H30N6. The van der Waals surface area contributed by atoms with Gasteiger partial charge in [0.05, 0.1) is 12.2 Å². The van der Waals surface area contributed by atoms with E-state index >= 15 is 0 Å². The third-order valence-corrected chi connectivity index (χ3v) is 5.73. The first-order valence-corrected chi connectivity index (χ1v) is 10.4. The van der Waals surface area contributed by atoms with Crippen LogP contribution in [0, 0.1) is 0 Å². The lowest BCUT2D eigenvalue weighted by Gasteiger charge is -2.22. The summed E-state index contributed by atoms with van der Waals surface area (Å²) in [5.74, 6) is 0.741. The van der Waals surface area contributed by atoms with Crippen molar-refractivity contribution in [2.24, 2.45) is 7.05 Å². The molecule has 1 fully saturated rings. The maximum absolute atomic E-state index is 4.73. The first kappa shape index (κ1) is 18.9. The minimum Gasteiger partial charge on any atom is -0.308 e. The van der Waals surface area contributed by atoms with Crippen LogP contribution in [-0.4, -0.2) is 30.6 Å². The molecule has 6 heteroatoms. The van der Waals surface area contributed by atoms with E-state index in [1.165, 1.54) is 48.8 Å². The van der Waals surface area contributed by atoms with Gasteiger partial charge in [0.1, 0.15) is 12.7 Å².